The molecule has 0 aliphatic carbocycles. The predicted octanol–water partition coefficient (Wildman–Crippen LogP) is 5.46. The summed E-state index contributed by atoms with van der Waals surface area (Å²) >= 11 is 4.79. The van der Waals surface area contributed by atoms with E-state index in [-0.39, 0.29) is 11.5 Å². The van der Waals surface area contributed by atoms with Gasteiger partial charge in [0.25, 0.3) is 0 Å². The Hall–Kier alpha value is -2.39. The van der Waals surface area contributed by atoms with Crippen molar-refractivity contribution in [3.8, 4) is 11.4 Å². The second kappa shape index (κ2) is 9.61. The molecular weight excluding hydrogens is 468 g/mol. The Balaban J connectivity index is 2.05. The highest BCUT2D eigenvalue weighted by atomic mass is 79.9. The molecule has 1 aromatic heterocycles. The van der Waals surface area contributed by atoms with E-state index in [1.54, 1.807) is 0 Å². The molecule has 2 aromatic carbocycles. The first-order valence-electron chi connectivity index (χ1n) is 9.50. The van der Waals surface area contributed by atoms with E-state index in [2.05, 4.69) is 52.1 Å². The average molecular weight is 491 g/mol. The summed E-state index contributed by atoms with van der Waals surface area (Å²) in [7, 11) is 0. The Morgan fingerprint density at radius 2 is 1.93 bits per heavy atom. The quantitative estimate of drug-likeness (QED) is 0.236. The predicted molar refractivity (Wildman–Crippen MR) is 121 cm³/mol. The van der Waals surface area contributed by atoms with Crippen LogP contribution in [0.2, 0.25) is 0 Å². The molecule has 0 aliphatic rings. The molecule has 3 aromatic rings. The van der Waals surface area contributed by atoms with Gasteiger partial charge >= 0.3 is 0 Å². The van der Waals surface area contributed by atoms with Gasteiger partial charge in [0.05, 0.1) is 6.61 Å². The molecule has 0 spiro atoms. The van der Waals surface area contributed by atoms with Crippen LogP contribution in [-0.2, 0) is 0 Å². The first kappa shape index (κ1) is 22.3. The molecule has 1 atom stereocenters. The second-order valence-corrected chi connectivity index (χ2v) is 8.96. The third-order valence-corrected chi connectivity index (χ3v) is 6.38. The summed E-state index contributed by atoms with van der Waals surface area (Å²) in [5, 5.41) is 20.1. The van der Waals surface area contributed by atoms with Gasteiger partial charge in [-0.05, 0) is 69.2 Å². The molecule has 0 saturated carbocycles. The van der Waals surface area contributed by atoms with Crippen LogP contribution in [0.3, 0.4) is 0 Å². The van der Waals surface area contributed by atoms with Crippen LogP contribution >= 0.6 is 27.7 Å². The van der Waals surface area contributed by atoms with Crippen molar-refractivity contribution in [2.24, 2.45) is 0 Å². The molecule has 0 unspecified atom stereocenters. The fourth-order valence-corrected chi connectivity index (χ4v) is 4.67. The number of benzene rings is 2. The molecule has 0 N–H and O–H groups in total. The summed E-state index contributed by atoms with van der Waals surface area (Å²) in [4.78, 5) is 11.2. The number of thioether (sulfide) groups is 1. The van der Waals surface area contributed by atoms with Crippen LogP contribution in [-0.4, -0.2) is 32.8 Å². The zero-order chi connectivity index (χ0) is 21.8. The molecule has 3 rings (SSSR count). The number of aromatic nitrogens is 3. The van der Waals surface area contributed by atoms with Gasteiger partial charge in [-0.2, -0.15) is 0 Å². The molecular formula is C21H23BrN4O3S. The van der Waals surface area contributed by atoms with Crippen molar-refractivity contribution in [2.75, 3.05) is 13.2 Å². The summed E-state index contributed by atoms with van der Waals surface area (Å²) in [5.74, 6) is 1.36. The fourth-order valence-electron chi connectivity index (χ4n) is 3.10. The number of halogens is 1. The Morgan fingerprint density at radius 3 is 2.60 bits per heavy atom. The molecule has 7 nitrogen and oxygen atoms in total. The Labute approximate surface area is 188 Å². The van der Waals surface area contributed by atoms with Crippen molar-refractivity contribution >= 4 is 27.7 Å². The summed E-state index contributed by atoms with van der Waals surface area (Å²) in [6, 6.07) is 11.7. The molecule has 0 aliphatic heterocycles. The molecule has 0 bridgehead atoms. The van der Waals surface area contributed by atoms with Gasteiger partial charge in [0, 0.05) is 20.6 Å². The molecule has 0 saturated heterocycles. The van der Waals surface area contributed by atoms with Crippen LogP contribution in [0.5, 0.6) is 5.75 Å². The zero-order valence-electron chi connectivity index (χ0n) is 17.3. The number of hydrogen-bond donors (Lipinski definition) is 0. The van der Waals surface area contributed by atoms with Gasteiger partial charge in [0.15, 0.2) is 5.16 Å². The lowest BCUT2D eigenvalue weighted by Gasteiger charge is -2.18. The Kier molecular flexibility index (Phi) is 7.14. The van der Waals surface area contributed by atoms with E-state index in [1.807, 2.05) is 42.7 Å². The van der Waals surface area contributed by atoms with Gasteiger partial charge in [-0.25, -0.2) is 0 Å². The number of nitrogens with zero attached hydrogens (tertiary/aromatic N) is 4. The number of hydrogen-bond acceptors (Lipinski definition) is 6. The van der Waals surface area contributed by atoms with Gasteiger partial charge in [-0.1, -0.05) is 33.8 Å². The fraction of sp³-hybridized carbons (Fsp3) is 0.333. The van der Waals surface area contributed by atoms with E-state index in [0.29, 0.717) is 17.5 Å². The number of ether oxygens (including phenoxy) is 1. The minimum Gasteiger partial charge on any atom is -0.494 e. The van der Waals surface area contributed by atoms with Gasteiger partial charge in [0.1, 0.15) is 16.8 Å². The smallest absolute Gasteiger partial charge is 0.220 e. The minimum absolute atomic E-state index is 0.264. The maximum atomic E-state index is 11.5. The van der Waals surface area contributed by atoms with Crippen molar-refractivity contribution in [2.45, 2.75) is 38.1 Å². The van der Waals surface area contributed by atoms with Crippen molar-refractivity contribution in [3.05, 3.63) is 73.5 Å². The largest absolute Gasteiger partial charge is 0.494 e. The normalized spacial score (nSPS) is 12.0. The van der Waals surface area contributed by atoms with Crippen LogP contribution in [0.1, 0.15) is 34.7 Å². The van der Waals surface area contributed by atoms with E-state index < -0.39 is 5.25 Å². The van der Waals surface area contributed by atoms with Gasteiger partial charge in [0.2, 0.25) is 6.54 Å². The lowest BCUT2D eigenvalue weighted by molar-refractivity contribution is -0.479. The maximum absolute atomic E-state index is 11.5. The van der Waals surface area contributed by atoms with Crippen LogP contribution in [0, 0.1) is 30.9 Å². The molecule has 0 radical (unpaired) electrons. The minimum atomic E-state index is -0.493. The zero-order valence-corrected chi connectivity index (χ0v) is 19.7. The molecule has 0 fully saturated rings. The molecule has 1 heterocycles. The van der Waals surface area contributed by atoms with E-state index in [1.165, 1.54) is 17.3 Å². The van der Waals surface area contributed by atoms with E-state index in [9.17, 15) is 10.1 Å². The maximum Gasteiger partial charge on any atom is 0.220 e. The summed E-state index contributed by atoms with van der Waals surface area (Å²) < 4.78 is 8.51. The SMILES string of the molecule is CCOc1ccc(Br)cc1[C@H](C[N+](=O)[O-])Sc1nnc(C)n1-c1ccc(C)c(C)c1. The van der Waals surface area contributed by atoms with Crippen LogP contribution < -0.4 is 4.74 Å². The first-order valence-corrected chi connectivity index (χ1v) is 11.2. The lowest BCUT2D eigenvalue weighted by Crippen LogP contribution is -2.12. The Bertz CT molecular complexity index is 1070. The third kappa shape index (κ3) is 5.02. The molecule has 158 valence electrons. The second-order valence-electron chi connectivity index (χ2n) is 6.87. The van der Waals surface area contributed by atoms with Crippen LogP contribution in [0.15, 0.2) is 46.0 Å². The summed E-state index contributed by atoms with van der Waals surface area (Å²) in [6.07, 6.45) is 0. The standard InChI is InChI=1S/C21H23BrN4O3S/c1-5-29-19-9-7-16(22)11-18(19)20(12-25(27)28)30-21-24-23-15(4)26(21)17-8-6-13(2)14(3)10-17/h6-11,20H,5,12H2,1-4H3/t20-/m0/s1. The topological polar surface area (TPSA) is 83.1 Å². The highest BCUT2D eigenvalue weighted by molar-refractivity contribution is 9.10. The van der Waals surface area contributed by atoms with E-state index >= 15 is 0 Å². The van der Waals surface area contributed by atoms with Crippen molar-refractivity contribution in [3.63, 3.8) is 0 Å². The molecule has 30 heavy (non-hydrogen) atoms. The van der Waals surface area contributed by atoms with Crippen LogP contribution in [0.4, 0.5) is 0 Å². The highest BCUT2D eigenvalue weighted by Crippen LogP contribution is 2.41. The number of aryl methyl sites for hydroxylation is 3. The Morgan fingerprint density at radius 1 is 1.17 bits per heavy atom. The average Bonchev–Trinajstić information content (AvgIpc) is 3.05. The summed E-state index contributed by atoms with van der Waals surface area (Å²) in [5.41, 5.74) is 4.03. The molecule has 0 amide bonds. The van der Waals surface area contributed by atoms with Crippen LogP contribution in [0.25, 0.3) is 5.69 Å². The van der Waals surface area contributed by atoms with E-state index in [4.69, 9.17) is 4.74 Å². The first-order chi connectivity index (χ1) is 14.3. The van der Waals surface area contributed by atoms with Crippen molar-refractivity contribution in [1.29, 1.82) is 0 Å². The van der Waals surface area contributed by atoms with Crippen molar-refractivity contribution in [1.82, 2.24) is 14.8 Å². The van der Waals surface area contributed by atoms with Gasteiger partial charge in [-0.3, -0.25) is 14.7 Å². The van der Waals surface area contributed by atoms with E-state index in [0.717, 1.165) is 27.1 Å². The lowest BCUT2D eigenvalue weighted by atomic mass is 10.1. The van der Waals surface area contributed by atoms with Gasteiger partial charge < -0.3 is 4.74 Å². The number of nitro groups is 1. The van der Waals surface area contributed by atoms with Crippen molar-refractivity contribution < 1.29 is 9.66 Å². The summed E-state index contributed by atoms with van der Waals surface area (Å²) in [6.45, 7) is 8.09. The molecule has 9 heteroatoms. The van der Waals surface area contributed by atoms with Gasteiger partial charge in [-0.15, -0.1) is 10.2 Å². The monoisotopic (exact) mass is 490 g/mol. The number of rotatable bonds is 8. The highest BCUT2D eigenvalue weighted by Gasteiger charge is 2.27. The third-order valence-electron chi connectivity index (χ3n) is 4.72.